The quantitative estimate of drug-likeness (QED) is 0.0795. The molecular weight excluding hydrogens is 675 g/mol. The number of aliphatic hydroxyl groups excluding tert-OH is 1. The summed E-state index contributed by atoms with van der Waals surface area (Å²) in [6.07, 6.45) is 6.27. The van der Waals surface area contributed by atoms with E-state index in [1.165, 1.54) is 25.3 Å². The number of hydrogen-bond donors (Lipinski definition) is 2. The van der Waals surface area contributed by atoms with Crippen molar-refractivity contribution in [1.29, 1.82) is 0 Å². The summed E-state index contributed by atoms with van der Waals surface area (Å²) in [5.41, 5.74) is 6.39. The first-order valence-corrected chi connectivity index (χ1v) is 18.8. The van der Waals surface area contributed by atoms with Gasteiger partial charge >= 0.3 is 0 Å². The van der Waals surface area contributed by atoms with E-state index in [1.54, 1.807) is 12.1 Å². The van der Waals surface area contributed by atoms with Gasteiger partial charge in [-0.3, -0.25) is 4.79 Å². The molecule has 0 radical (unpaired) electrons. The second-order valence-corrected chi connectivity index (χ2v) is 13.4. The molecule has 0 aliphatic carbocycles. The maximum Gasteiger partial charge on any atom is 0.167 e. The number of benzene rings is 5. The molecule has 54 heavy (non-hydrogen) atoms. The van der Waals surface area contributed by atoms with E-state index < -0.39 is 6.10 Å². The fraction of sp³-hybridized carbons (Fsp3) is 0.261. The molecule has 1 aromatic heterocycles. The van der Waals surface area contributed by atoms with Gasteiger partial charge in [0.2, 0.25) is 0 Å². The van der Waals surface area contributed by atoms with E-state index >= 15 is 0 Å². The Morgan fingerprint density at radius 2 is 1.09 bits per heavy atom. The largest absolute Gasteiger partial charge is 0.507 e. The smallest absolute Gasteiger partial charge is 0.167 e. The van der Waals surface area contributed by atoms with E-state index in [1.807, 2.05) is 84.9 Å². The molecule has 0 saturated heterocycles. The average molecular weight is 722 g/mol. The van der Waals surface area contributed by atoms with E-state index in [0.29, 0.717) is 35.2 Å². The second kappa shape index (κ2) is 19.4. The molecule has 1 heterocycles. The fourth-order valence-corrected chi connectivity index (χ4v) is 6.15. The molecule has 5 aromatic carbocycles. The van der Waals surface area contributed by atoms with Crippen LogP contribution in [0.1, 0.15) is 51.9 Å². The zero-order valence-corrected chi connectivity index (χ0v) is 30.7. The number of Topliss-reactive ketones (excluding diaryl/α,β-unsaturated/α-hetero) is 1. The first-order chi connectivity index (χ1) is 26.5. The molecule has 276 valence electrons. The minimum atomic E-state index is -0.941. The summed E-state index contributed by atoms with van der Waals surface area (Å²) in [5.74, 6) is 1.55. The lowest BCUT2D eigenvalue weighted by Crippen LogP contribution is -2.25. The minimum absolute atomic E-state index is 0.0221. The SMILES string of the molecule is CCCCCCCCC(=O)COCC(O)COc1ccc(-c2nc(-c3ccc(-c4ccccc4)cc3)nc(-c3ccc(-c4ccccc4)cc3)n2)c(O)c1. The number of aromatic hydroxyl groups is 1. The van der Waals surface area contributed by atoms with Crippen molar-refractivity contribution in [2.45, 2.75) is 58.0 Å². The van der Waals surface area contributed by atoms with Crippen molar-refractivity contribution in [2.75, 3.05) is 19.8 Å². The Kier molecular flexibility index (Phi) is 13.7. The standard InChI is InChI=1S/C46H47N3O5/c1-2-3-4-5-6-13-18-39(50)30-53-31-40(51)32-54-41-27-28-42(43(52)29-41)46-48-44(37-23-19-35(20-24-37)33-14-9-7-10-15-33)47-45(49-46)38-25-21-36(22-26-38)34-16-11-8-12-17-34/h7-12,14-17,19-29,40,51-52H,2-6,13,18,30-32H2,1H3. The third kappa shape index (κ3) is 10.7. The van der Waals surface area contributed by atoms with Crippen molar-refractivity contribution in [3.05, 3.63) is 127 Å². The van der Waals surface area contributed by atoms with Gasteiger partial charge in [0.05, 0.1) is 12.2 Å². The van der Waals surface area contributed by atoms with Gasteiger partial charge in [0, 0.05) is 23.6 Å². The third-order valence-electron chi connectivity index (χ3n) is 9.17. The number of aromatic nitrogens is 3. The van der Waals surface area contributed by atoms with Crippen LogP contribution in [-0.2, 0) is 9.53 Å². The summed E-state index contributed by atoms with van der Waals surface area (Å²) < 4.78 is 11.2. The number of unbranched alkanes of at least 4 members (excludes halogenated alkanes) is 5. The van der Waals surface area contributed by atoms with E-state index in [4.69, 9.17) is 24.4 Å². The number of hydrogen-bond acceptors (Lipinski definition) is 8. The number of rotatable bonds is 19. The lowest BCUT2D eigenvalue weighted by Gasteiger charge is -2.14. The number of carbonyl (C=O) groups is 1. The molecule has 8 heteroatoms. The summed E-state index contributed by atoms with van der Waals surface area (Å²) in [4.78, 5) is 26.6. The van der Waals surface area contributed by atoms with Crippen LogP contribution in [0.4, 0.5) is 0 Å². The number of ketones is 1. The molecule has 1 atom stereocenters. The molecule has 2 N–H and O–H groups in total. The van der Waals surface area contributed by atoms with Gasteiger partial charge in [0.1, 0.15) is 30.8 Å². The second-order valence-electron chi connectivity index (χ2n) is 13.4. The van der Waals surface area contributed by atoms with Crippen LogP contribution >= 0.6 is 0 Å². The summed E-state index contributed by atoms with van der Waals surface area (Å²) in [6.45, 7) is 2.07. The highest BCUT2D eigenvalue weighted by Crippen LogP contribution is 2.34. The Labute approximate surface area is 317 Å². The average Bonchev–Trinajstić information content (AvgIpc) is 3.22. The predicted molar refractivity (Wildman–Crippen MR) is 214 cm³/mol. The van der Waals surface area contributed by atoms with Crippen LogP contribution in [0.25, 0.3) is 56.4 Å². The van der Waals surface area contributed by atoms with Crippen LogP contribution in [0, 0.1) is 0 Å². The number of nitrogens with zero attached hydrogens (tertiary/aromatic N) is 3. The van der Waals surface area contributed by atoms with Crippen molar-refractivity contribution < 1.29 is 24.5 Å². The molecule has 6 rings (SSSR count). The lowest BCUT2D eigenvalue weighted by atomic mass is 10.0. The van der Waals surface area contributed by atoms with Crippen LogP contribution in [0.15, 0.2) is 127 Å². The molecule has 0 amide bonds. The van der Waals surface area contributed by atoms with Crippen LogP contribution in [0.2, 0.25) is 0 Å². The van der Waals surface area contributed by atoms with Crippen molar-refractivity contribution >= 4 is 5.78 Å². The Hall–Kier alpha value is -5.70. The van der Waals surface area contributed by atoms with Gasteiger partial charge in [0.15, 0.2) is 23.3 Å². The summed E-state index contributed by atoms with van der Waals surface area (Å²) in [6, 6.07) is 41.3. The van der Waals surface area contributed by atoms with Crippen LogP contribution < -0.4 is 4.74 Å². The van der Waals surface area contributed by atoms with Gasteiger partial charge in [-0.05, 0) is 40.8 Å². The van der Waals surface area contributed by atoms with Gasteiger partial charge in [-0.15, -0.1) is 0 Å². The topological polar surface area (TPSA) is 115 Å². The molecule has 0 aliphatic rings. The van der Waals surface area contributed by atoms with Crippen molar-refractivity contribution in [2.24, 2.45) is 0 Å². The lowest BCUT2D eigenvalue weighted by molar-refractivity contribution is -0.124. The Balaban J connectivity index is 1.15. The minimum Gasteiger partial charge on any atom is -0.507 e. The zero-order valence-electron chi connectivity index (χ0n) is 30.7. The molecular formula is C46H47N3O5. The summed E-state index contributed by atoms with van der Waals surface area (Å²) in [5, 5.41) is 21.6. The summed E-state index contributed by atoms with van der Waals surface area (Å²) >= 11 is 0. The molecule has 0 fully saturated rings. The normalized spacial score (nSPS) is 11.7. The van der Waals surface area contributed by atoms with Crippen molar-refractivity contribution in [3.63, 3.8) is 0 Å². The maximum atomic E-state index is 12.1. The predicted octanol–water partition coefficient (Wildman–Crippen LogP) is 9.99. The monoisotopic (exact) mass is 721 g/mol. The van der Waals surface area contributed by atoms with Gasteiger partial charge in [-0.25, -0.2) is 15.0 Å². The first-order valence-electron chi connectivity index (χ1n) is 18.8. The number of aliphatic hydroxyl groups is 1. The molecule has 0 spiro atoms. The van der Waals surface area contributed by atoms with Crippen molar-refractivity contribution in [1.82, 2.24) is 15.0 Å². The van der Waals surface area contributed by atoms with E-state index in [-0.39, 0.29) is 31.4 Å². The molecule has 0 aliphatic heterocycles. The number of ether oxygens (including phenoxy) is 2. The van der Waals surface area contributed by atoms with E-state index in [0.717, 1.165) is 52.6 Å². The Bertz CT molecular complexity index is 1970. The Morgan fingerprint density at radius 3 is 1.65 bits per heavy atom. The fourth-order valence-electron chi connectivity index (χ4n) is 6.15. The number of phenols is 1. The Morgan fingerprint density at radius 1 is 0.593 bits per heavy atom. The summed E-state index contributed by atoms with van der Waals surface area (Å²) in [7, 11) is 0. The number of carbonyl (C=O) groups excluding carboxylic acids is 1. The number of phenolic OH excluding ortho intramolecular Hbond substituents is 1. The highest BCUT2D eigenvalue weighted by molar-refractivity contribution is 5.79. The van der Waals surface area contributed by atoms with Crippen LogP contribution in [-0.4, -0.2) is 56.9 Å². The molecule has 0 bridgehead atoms. The van der Waals surface area contributed by atoms with Gasteiger partial charge in [-0.2, -0.15) is 0 Å². The molecule has 6 aromatic rings. The van der Waals surface area contributed by atoms with Crippen LogP contribution in [0.5, 0.6) is 11.5 Å². The molecule has 0 saturated carbocycles. The van der Waals surface area contributed by atoms with Gasteiger partial charge in [0.25, 0.3) is 0 Å². The molecule has 8 nitrogen and oxygen atoms in total. The van der Waals surface area contributed by atoms with Gasteiger partial charge in [-0.1, -0.05) is 148 Å². The molecule has 1 unspecified atom stereocenters. The van der Waals surface area contributed by atoms with E-state index in [9.17, 15) is 15.0 Å². The zero-order chi connectivity index (χ0) is 37.5. The third-order valence-corrected chi connectivity index (χ3v) is 9.17. The van der Waals surface area contributed by atoms with Crippen molar-refractivity contribution in [3.8, 4) is 67.9 Å². The highest BCUT2D eigenvalue weighted by Gasteiger charge is 2.17. The highest BCUT2D eigenvalue weighted by atomic mass is 16.5. The van der Waals surface area contributed by atoms with Crippen LogP contribution in [0.3, 0.4) is 0 Å². The maximum absolute atomic E-state index is 12.1. The van der Waals surface area contributed by atoms with E-state index in [2.05, 4.69) is 31.2 Å². The first kappa shape index (κ1) is 38.0. The van der Waals surface area contributed by atoms with Gasteiger partial charge < -0.3 is 19.7 Å².